The smallest absolute Gasteiger partial charge is 0.319 e. The second kappa shape index (κ2) is 8.10. The molecule has 0 fully saturated rings. The number of ether oxygens (including phenoxy) is 1. The summed E-state index contributed by atoms with van der Waals surface area (Å²) in [7, 11) is 1.51. The molecule has 8 nitrogen and oxygen atoms in total. The van der Waals surface area contributed by atoms with E-state index in [1.807, 2.05) is 6.92 Å². The van der Waals surface area contributed by atoms with Crippen LogP contribution >= 0.6 is 0 Å². The standard InChI is InChI=1S/C20H23N5O3/c1-4-22-20(27)23-13-7-5-8-14(11-13)25-18(12(2)21)24-15-9-6-10-16(28-3)17(15)19(25)26/h5-12H,4,21H2,1-3H3,(H2,22,23,27)/t12-/m0/s1. The molecule has 4 N–H and O–H groups in total. The molecule has 0 aliphatic heterocycles. The number of anilines is 1. The number of nitrogens with zero attached hydrogens (tertiary/aromatic N) is 2. The molecule has 28 heavy (non-hydrogen) atoms. The van der Waals surface area contributed by atoms with Gasteiger partial charge in [-0.2, -0.15) is 0 Å². The van der Waals surface area contributed by atoms with Crippen molar-refractivity contribution in [3.8, 4) is 11.4 Å². The van der Waals surface area contributed by atoms with E-state index in [4.69, 9.17) is 10.5 Å². The van der Waals surface area contributed by atoms with Crippen LogP contribution in [-0.2, 0) is 0 Å². The van der Waals surface area contributed by atoms with Gasteiger partial charge in [0.25, 0.3) is 5.56 Å². The van der Waals surface area contributed by atoms with Crippen LogP contribution in [0, 0.1) is 0 Å². The Labute approximate surface area is 162 Å². The van der Waals surface area contributed by atoms with E-state index in [9.17, 15) is 9.59 Å². The van der Waals surface area contributed by atoms with Gasteiger partial charge in [-0.1, -0.05) is 12.1 Å². The highest BCUT2D eigenvalue weighted by Gasteiger charge is 2.18. The minimum Gasteiger partial charge on any atom is -0.496 e. The highest BCUT2D eigenvalue weighted by molar-refractivity contribution is 5.89. The molecular weight excluding hydrogens is 358 g/mol. The number of methoxy groups -OCH3 is 1. The van der Waals surface area contributed by atoms with Crippen molar-refractivity contribution in [3.05, 3.63) is 58.6 Å². The predicted molar refractivity (Wildman–Crippen MR) is 109 cm³/mol. The number of benzene rings is 2. The number of carbonyl (C=O) groups is 1. The molecule has 3 rings (SSSR count). The molecule has 0 spiro atoms. The Morgan fingerprint density at radius 3 is 2.71 bits per heavy atom. The molecule has 0 unspecified atom stereocenters. The quantitative estimate of drug-likeness (QED) is 0.629. The van der Waals surface area contributed by atoms with Gasteiger partial charge in [-0.05, 0) is 44.2 Å². The summed E-state index contributed by atoms with van der Waals surface area (Å²) in [6.45, 7) is 4.11. The topological polar surface area (TPSA) is 111 Å². The molecule has 1 heterocycles. The van der Waals surface area contributed by atoms with E-state index in [0.29, 0.717) is 40.4 Å². The number of fused-ring (bicyclic) bond motifs is 1. The third-order valence-corrected chi connectivity index (χ3v) is 4.21. The average Bonchev–Trinajstić information content (AvgIpc) is 2.67. The Balaban J connectivity index is 2.22. The maximum atomic E-state index is 13.4. The minimum atomic E-state index is -0.483. The van der Waals surface area contributed by atoms with Gasteiger partial charge in [-0.15, -0.1) is 0 Å². The molecule has 0 bridgehead atoms. The number of urea groups is 1. The zero-order chi connectivity index (χ0) is 20.3. The summed E-state index contributed by atoms with van der Waals surface area (Å²) in [6.07, 6.45) is 0. The van der Waals surface area contributed by atoms with E-state index in [-0.39, 0.29) is 11.6 Å². The van der Waals surface area contributed by atoms with Crippen LogP contribution in [0.3, 0.4) is 0 Å². The number of nitrogens with one attached hydrogen (secondary N) is 2. The van der Waals surface area contributed by atoms with Crippen LogP contribution in [-0.4, -0.2) is 29.2 Å². The van der Waals surface area contributed by atoms with Gasteiger partial charge in [-0.3, -0.25) is 9.36 Å². The van der Waals surface area contributed by atoms with E-state index in [2.05, 4.69) is 15.6 Å². The Bertz CT molecular complexity index is 1080. The van der Waals surface area contributed by atoms with Crippen molar-refractivity contribution in [2.45, 2.75) is 19.9 Å². The zero-order valence-corrected chi connectivity index (χ0v) is 16.0. The number of aromatic nitrogens is 2. The first-order chi connectivity index (χ1) is 13.5. The average molecular weight is 381 g/mol. The van der Waals surface area contributed by atoms with Crippen molar-refractivity contribution < 1.29 is 9.53 Å². The van der Waals surface area contributed by atoms with Crippen molar-refractivity contribution in [2.24, 2.45) is 5.73 Å². The number of nitrogens with two attached hydrogens (primary N) is 1. The van der Waals surface area contributed by atoms with E-state index < -0.39 is 6.04 Å². The predicted octanol–water partition coefficient (Wildman–Crippen LogP) is 2.56. The zero-order valence-electron chi connectivity index (χ0n) is 16.0. The summed E-state index contributed by atoms with van der Waals surface area (Å²) >= 11 is 0. The van der Waals surface area contributed by atoms with Crippen LogP contribution in [0.2, 0.25) is 0 Å². The van der Waals surface area contributed by atoms with Crippen LogP contribution in [0.25, 0.3) is 16.6 Å². The fourth-order valence-corrected chi connectivity index (χ4v) is 3.00. The molecule has 2 aromatic carbocycles. The monoisotopic (exact) mass is 381 g/mol. The van der Waals surface area contributed by atoms with Crippen molar-refractivity contribution in [1.29, 1.82) is 0 Å². The normalized spacial score (nSPS) is 11.9. The fraction of sp³-hybridized carbons (Fsp3) is 0.250. The van der Waals surface area contributed by atoms with Crippen LogP contribution < -0.4 is 26.7 Å². The lowest BCUT2D eigenvalue weighted by Gasteiger charge is -2.17. The molecule has 3 aromatic rings. The molecule has 8 heteroatoms. The summed E-state index contributed by atoms with van der Waals surface area (Å²) < 4.78 is 6.81. The molecule has 146 valence electrons. The van der Waals surface area contributed by atoms with Gasteiger partial charge in [0.05, 0.1) is 24.4 Å². The maximum Gasteiger partial charge on any atom is 0.319 e. The fourth-order valence-electron chi connectivity index (χ4n) is 3.00. The van der Waals surface area contributed by atoms with E-state index in [0.717, 1.165) is 0 Å². The van der Waals surface area contributed by atoms with Gasteiger partial charge in [-0.25, -0.2) is 9.78 Å². The van der Waals surface area contributed by atoms with Gasteiger partial charge in [0.1, 0.15) is 17.0 Å². The first-order valence-electron chi connectivity index (χ1n) is 8.96. The molecule has 1 atom stereocenters. The summed E-state index contributed by atoms with van der Waals surface area (Å²) in [5.41, 5.74) is 7.43. The number of hydrogen-bond acceptors (Lipinski definition) is 5. The molecule has 0 saturated carbocycles. The maximum absolute atomic E-state index is 13.4. The van der Waals surface area contributed by atoms with Crippen LogP contribution in [0.5, 0.6) is 5.75 Å². The molecule has 0 saturated heterocycles. The van der Waals surface area contributed by atoms with E-state index in [1.165, 1.54) is 11.7 Å². The number of amides is 2. The van der Waals surface area contributed by atoms with Gasteiger partial charge < -0.3 is 21.1 Å². The second-order valence-corrected chi connectivity index (χ2v) is 6.29. The first kappa shape index (κ1) is 19.4. The summed E-state index contributed by atoms with van der Waals surface area (Å²) in [6, 6.07) is 11.4. The minimum absolute atomic E-state index is 0.287. The van der Waals surface area contributed by atoms with Crippen LogP contribution in [0.4, 0.5) is 10.5 Å². The van der Waals surface area contributed by atoms with Gasteiger partial charge in [0.2, 0.25) is 0 Å². The van der Waals surface area contributed by atoms with Crippen LogP contribution in [0.1, 0.15) is 25.7 Å². The number of hydrogen-bond donors (Lipinski definition) is 3. The molecule has 0 aliphatic carbocycles. The lowest BCUT2D eigenvalue weighted by molar-refractivity contribution is 0.252. The molecule has 2 amide bonds. The lowest BCUT2D eigenvalue weighted by Crippen LogP contribution is -2.29. The Hall–Kier alpha value is -3.39. The highest BCUT2D eigenvalue weighted by atomic mass is 16.5. The summed E-state index contributed by atoms with van der Waals surface area (Å²) in [5, 5.41) is 5.78. The van der Waals surface area contributed by atoms with E-state index in [1.54, 1.807) is 49.4 Å². The molecule has 1 aromatic heterocycles. The third-order valence-electron chi connectivity index (χ3n) is 4.21. The molecule has 0 radical (unpaired) electrons. The van der Waals surface area contributed by atoms with Crippen molar-refractivity contribution in [3.63, 3.8) is 0 Å². The summed E-state index contributed by atoms with van der Waals surface area (Å²) in [5.74, 6) is 0.859. The number of carbonyl (C=O) groups excluding carboxylic acids is 1. The number of rotatable bonds is 5. The molecular formula is C20H23N5O3. The van der Waals surface area contributed by atoms with Crippen LogP contribution in [0.15, 0.2) is 47.3 Å². The first-order valence-corrected chi connectivity index (χ1v) is 8.96. The Kier molecular flexibility index (Phi) is 5.60. The summed E-state index contributed by atoms with van der Waals surface area (Å²) in [4.78, 5) is 29.8. The lowest BCUT2D eigenvalue weighted by atomic mass is 10.2. The Morgan fingerprint density at radius 2 is 2.04 bits per heavy atom. The van der Waals surface area contributed by atoms with Crippen molar-refractivity contribution in [1.82, 2.24) is 14.9 Å². The van der Waals surface area contributed by atoms with Crippen molar-refractivity contribution >= 4 is 22.6 Å². The third kappa shape index (κ3) is 3.67. The Morgan fingerprint density at radius 1 is 1.29 bits per heavy atom. The SMILES string of the molecule is CCNC(=O)Nc1cccc(-n2c([C@H](C)N)nc3cccc(OC)c3c2=O)c1. The van der Waals surface area contributed by atoms with E-state index >= 15 is 0 Å². The van der Waals surface area contributed by atoms with Gasteiger partial charge in [0.15, 0.2) is 0 Å². The second-order valence-electron chi connectivity index (χ2n) is 6.29. The van der Waals surface area contributed by atoms with Gasteiger partial charge >= 0.3 is 6.03 Å². The molecule has 0 aliphatic rings. The van der Waals surface area contributed by atoms with Gasteiger partial charge in [0, 0.05) is 12.2 Å². The highest BCUT2D eigenvalue weighted by Crippen LogP contribution is 2.24. The van der Waals surface area contributed by atoms with Crippen molar-refractivity contribution in [2.75, 3.05) is 19.0 Å². The largest absolute Gasteiger partial charge is 0.496 e.